The molecule has 0 heterocycles. The Labute approximate surface area is 197 Å². The number of carbonyl (C=O) groups excluding carboxylic acids is 1. The highest BCUT2D eigenvalue weighted by Crippen LogP contribution is 2.31. The smallest absolute Gasteiger partial charge is 0.262 e. The summed E-state index contributed by atoms with van der Waals surface area (Å²) in [5.41, 5.74) is 7.37. The van der Waals surface area contributed by atoms with Gasteiger partial charge in [-0.25, -0.2) is 0 Å². The van der Waals surface area contributed by atoms with Gasteiger partial charge in [0.15, 0.2) is 11.5 Å². The van der Waals surface area contributed by atoms with E-state index < -0.39 is 18.1 Å². The van der Waals surface area contributed by atoms with E-state index in [0.29, 0.717) is 37.1 Å². The van der Waals surface area contributed by atoms with Crippen LogP contribution in [0, 0.1) is 11.8 Å². The van der Waals surface area contributed by atoms with Crippen molar-refractivity contribution in [3.05, 3.63) is 23.8 Å². The molecule has 0 saturated carbocycles. The Morgan fingerprint density at radius 2 is 1.88 bits per heavy atom. The third-order valence-electron chi connectivity index (χ3n) is 5.37. The molecule has 0 aliphatic carbocycles. The van der Waals surface area contributed by atoms with Gasteiger partial charge in [-0.2, -0.15) is 0 Å². The first-order chi connectivity index (χ1) is 15.2. The van der Waals surface area contributed by atoms with E-state index in [1.165, 1.54) is 7.11 Å². The first kappa shape index (κ1) is 28.5. The molecule has 1 rings (SSSR count). The van der Waals surface area contributed by atoms with Gasteiger partial charge < -0.3 is 29.8 Å². The van der Waals surface area contributed by atoms with Gasteiger partial charge in [0.1, 0.15) is 6.61 Å². The number of hydrogen-bond acceptors (Lipinski definition) is 7. The number of benzene rings is 1. The SMILES string of the molecule is COCCCOc1cc(C[C@@H](C[C@H](N)[C@@H](O)CN(Cl)C(=O)COC)C(C)C)ccc1OC. The van der Waals surface area contributed by atoms with Crippen molar-refractivity contribution in [2.45, 2.75) is 45.3 Å². The molecule has 8 nitrogen and oxygen atoms in total. The zero-order valence-electron chi connectivity index (χ0n) is 19.9. The van der Waals surface area contributed by atoms with Crippen molar-refractivity contribution in [3.8, 4) is 11.5 Å². The Morgan fingerprint density at radius 1 is 1.16 bits per heavy atom. The average molecular weight is 475 g/mol. The molecule has 3 N–H and O–H groups in total. The van der Waals surface area contributed by atoms with Crippen molar-refractivity contribution in [1.29, 1.82) is 0 Å². The van der Waals surface area contributed by atoms with Crippen LogP contribution >= 0.6 is 11.8 Å². The van der Waals surface area contributed by atoms with E-state index in [0.717, 1.165) is 22.8 Å². The molecule has 0 spiro atoms. The molecule has 0 aliphatic rings. The van der Waals surface area contributed by atoms with E-state index in [1.54, 1.807) is 14.2 Å². The Balaban J connectivity index is 2.78. The zero-order valence-corrected chi connectivity index (χ0v) is 20.6. The molecule has 0 fully saturated rings. The van der Waals surface area contributed by atoms with Gasteiger partial charge in [0, 0.05) is 45.1 Å². The second-order valence-electron chi connectivity index (χ2n) is 8.23. The van der Waals surface area contributed by atoms with E-state index >= 15 is 0 Å². The first-order valence-corrected chi connectivity index (χ1v) is 11.2. The maximum absolute atomic E-state index is 11.8. The molecular formula is C23H39ClN2O6. The summed E-state index contributed by atoms with van der Waals surface area (Å²) in [5.74, 6) is 1.51. The molecule has 0 aliphatic heterocycles. The third-order valence-corrected chi connectivity index (χ3v) is 5.70. The van der Waals surface area contributed by atoms with Gasteiger partial charge >= 0.3 is 0 Å². The van der Waals surface area contributed by atoms with Crippen molar-refractivity contribution < 1.29 is 28.8 Å². The first-order valence-electron chi connectivity index (χ1n) is 10.9. The van der Waals surface area contributed by atoms with Crippen molar-refractivity contribution in [1.82, 2.24) is 4.42 Å². The molecule has 0 bridgehead atoms. The quantitative estimate of drug-likeness (QED) is 0.280. The Bertz CT molecular complexity index is 676. The number of halogens is 1. The number of carbonyl (C=O) groups is 1. The van der Waals surface area contributed by atoms with Crippen LogP contribution in [0.4, 0.5) is 0 Å². The van der Waals surface area contributed by atoms with Crippen molar-refractivity contribution in [3.63, 3.8) is 0 Å². The number of nitrogens with two attached hydrogens (primary N) is 1. The van der Waals surface area contributed by atoms with Crippen LogP contribution in [-0.4, -0.2) is 75.3 Å². The molecule has 1 aromatic rings. The second kappa shape index (κ2) is 15.3. The lowest BCUT2D eigenvalue weighted by atomic mass is 9.83. The summed E-state index contributed by atoms with van der Waals surface area (Å²) in [5, 5.41) is 10.5. The average Bonchev–Trinajstić information content (AvgIpc) is 2.76. The maximum atomic E-state index is 11.8. The van der Waals surface area contributed by atoms with Crippen LogP contribution in [0.15, 0.2) is 18.2 Å². The summed E-state index contributed by atoms with van der Waals surface area (Å²) in [7, 11) is 4.69. The Hall–Kier alpha value is -1.58. The predicted octanol–water partition coefficient (Wildman–Crippen LogP) is 2.63. The third kappa shape index (κ3) is 9.92. The summed E-state index contributed by atoms with van der Waals surface area (Å²) in [6.45, 7) is 5.23. The predicted molar refractivity (Wildman–Crippen MR) is 125 cm³/mol. The molecule has 0 aromatic heterocycles. The lowest BCUT2D eigenvalue weighted by Crippen LogP contribution is -2.44. The van der Waals surface area contributed by atoms with Crippen LogP contribution < -0.4 is 15.2 Å². The van der Waals surface area contributed by atoms with Gasteiger partial charge in [0.25, 0.3) is 5.91 Å². The minimum atomic E-state index is -0.940. The van der Waals surface area contributed by atoms with E-state index in [4.69, 9.17) is 36.5 Å². The molecule has 3 atom stereocenters. The fourth-order valence-electron chi connectivity index (χ4n) is 3.34. The van der Waals surface area contributed by atoms with Crippen LogP contribution in [0.25, 0.3) is 0 Å². The molecule has 9 heteroatoms. The summed E-state index contributed by atoms with van der Waals surface area (Å²) < 4.78 is 22.1. The van der Waals surface area contributed by atoms with E-state index in [9.17, 15) is 9.90 Å². The standard InChI is InChI=1S/C23H39ClN2O6/c1-16(2)18(13-19(25)20(27)14-26(24)23(28)15-30-4)11-17-7-8-21(31-5)22(12-17)32-10-6-9-29-3/h7-8,12,16,18-20,27H,6,9-11,13-15,25H2,1-5H3/t18-,19-,20-/m0/s1. The summed E-state index contributed by atoms with van der Waals surface area (Å²) in [4.78, 5) is 11.8. The number of ether oxygens (including phenoxy) is 4. The molecule has 0 radical (unpaired) electrons. The monoisotopic (exact) mass is 474 g/mol. The second-order valence-corrected chi connectivity index (χ2v) is 8.63. The van der Waals surface area contributed by atoms with E-state index in [-0.39, 0.29) is 19.1 Å². The number of methoxy groups -OCH3 is 3. The van der Waals surface area contributed by atoms with Crippen LogP contribution in [0.2, 0.25) is 0 Å². The molecule has 0 saturated heterocycles. The molecular weight excluding hydrogens is 436 g/mol. The number of aliphatic hydroxyl groups excluding tert-OH is 1. The molecule has 1 aromatic carbocycles. The van der Waals surface area contributed by atoms with Gasteiger partial charge in [0.2, 0.25) is 0 Å². The Morgan fingerprint density at radius 3 is 2.47 bits per heavy atom. The molecule has 184 valence electrons. The molecule has 32 heavy (non-hydrogen) atoms. The van der Waals surface area contributed by atoms with Gasteiger partial charge in [-0.05, 0) is 42.4 Å². The Kier molecular flexibility index (Phi) is 13.6. The van der Waals surface area contributed by atoms with Gasteiger partial charge in [-0.1, -0.05) is 19.9 Å². The molecule has 0 unspecified atom stereocenters. The number of amides is 1. The largest absolute Gasteiger partial charge is 0.493 e. The minimum Gasteiger partial charge on any atom is -0.493 e. The molecule has 1 amide bonds. The zero-order chi connectivity index (χ0) is 24.1. The normalized spacial score (nSPS) is 14.2. The number of hydrogen-bond donors (Lipinski definition) is 2. The highest BCUT2D eigenvalue weighted by molar-refractivity contribution is 6.21. The van der Waals surface area contributed by atoms with Gasteiger partial charge in [-0.15, -0.1) is 0 Å². The highest BCUT2D eigenvalue weighted by atomic mass is 35.5. The number of aliphatic hydroxyl groups is 1. The van der Waals surface area contributed by atoms with E-state index in [1.807, 2.05) is 18.2 Å². The lowest BCUT2D eigenvalue weighted by Gasteiger charge is -2.28. The van der Waals surface area contributed by atoms with Crippen LogP contribution in [0.3, 0.4) is 0 Å². The lowest BCUT2D eigenvalue weighted by molar-refractivity contribution is -0.131. The minimum absolute atomic E-state index is 0.0578. The van der Waals surface area contributed by atoms with Crippen molar-refractivity contribution >= 4 is 17.7 Å². The van der Waals surface area contributed by atoms with Gasteiger partial charge in [0.05, 0.1) is 26.4 Å². The number of nitrogens with zero attached hydrogens (tertiary/aromatic N) is 1. The fraction of sp³-hybridized carbons (Fsp3) is 0.696. The topological polar surface area (TPSA) is 103 Å². The van der Waals surface area contributed by atoms with E-state index in [2.05, 4.69) is 13.8 Å². The van der Waals surface area contributed by atoms with Gasteiger partial charge in [-0.3, -0.25) is 9.21 Å². The van der Waals surface area contributed by atoms with Crippen LogP contribution in [0.1, 0.15) is 32.3 Å². The maximum Gasteiger partial charge on any atom is 0.262 e. The van der Waals surface area contributed by atoms with Crippen LogP contribution in [-0.2, 0) is 20.7 Å². The van der Waals surface area contributed by atoms with Crippen molar-refractivity contribution in [2.75, 3.05) is 47.7 Å². The summed E-state index contributed by atoms with van der Waals surface area (Å²) in [6.07, 6.45) is 1.20. The summed E-state index contributed by atoms with van der Waals surface area (Å²) in [6, 6.07) is 5.39. The highest BCUT2D eigenvalue weighted by Gasteiger charge is 2.25. The number of rotatable bonds is 16. The van der Waals surface area contributed by atoms with Crippen molar-refractivity contribution in [2.24, 2.45) is 17.6 Å². The van der Waals surface area contributed by atoms with Crippen LogP contribution in [0.5, 0.6) is 11.5 Å². The fourth-order valence-corrected chi connectivity index (χ4v) is 3.53. The summed E-state index contributed by atoms with van der Waals surface area (Å²) >= 11 is 5.94.